The third kappa shape index (κ3) is 3.32. The molecule has 1 fully saturated rings. The molecule has 1 aromatic heterocycles. The first kappa shape index (κ1) is 15.7. The average Bonchev–Trinajstić information content (AvgIpc) is 3.25. The van der Waals surface area contributed by atoms with Gasteiger partial charge in [0, 0.05) is 43.9 Å². The number of amides is 1. The van der Waals surface area contributed by atoms with Gasteiger partial charge in [0.05, 0.1) is 0 Å². The molecule has 4 rings (SSSR count). The van der Waals surface area contributed by atoms with Crippen molar-refractivity contribution < 1.29 is 9.53 Å². The standard InChI is InChI=1S/C19H22N2O2S/c22-19(21-6-1-2-7-21)16-3-4-18-17(11-16)13-20(8-9-23-18)12-15-5-10-24-14-15/h3-5,10-11,14H,1-2,6-9,12-13H2. The molecule has 2 aliphatic heterocycles. The first-order chi connectivity index (χ1) is 11.8. The van der Waals surface area contributed by atoms with E-state index in [-0.39, 0.29) is 5.91 Å². The topological polar surface area (TPSA) is 32.8 Å². The van der Waals surface area contributed by atoms with Crippen molar-refractivity contribution in [3.63, 3.8) is 0 Å². The smallest absolute Gasteiger partial charge is 0.253 e. The summed E-state index contributed by atoms with van der Waals surface area (Å²) >= 11 is 1.73. The van der Waals surface area contributed by atoms with E-state index in [0.29, 0.717) is 6.61 Å². The van der Waals surface area contributed by atoms with Crippen LogP contribution in [0, 0.1) is 0 Å². The van der Waals surface area contributed by atoms with E-state index in [4.69, 9.17) is 4.74 Å². The highest BCUT2D eigenvalue weighted by atomic mass is 32.1. The zero-order chi connectivity index (χ0) is 16.4. The van der Waals surface area contributed by atoms with Gasteiger partial charge in [-0.05, 0) is 53.4 Å². The van der Waals surface area contributed by atoms with E-state index in [1.807, 2.05) is 23.1 Å². The zero-order valence-electron chi connectivity index (χ0n) is 13.7. The summed E-state index contributed by atoms with van der Waals surface area (Å²) in [6.07, 6.45) is 2.24. The summed E-state index contributed by atoms with van der Waals surface area (Å²) in [5.74, 6) is 1.07. The van der Waals surface area contributed by atoms with Gasteiger partial charge in [0.1, 0.15) is 12.4 Å². The van der Waals surface area contributed by atoms with Crippen LogP contribution < -0.4 is 4.74 Å². The fraction of sp³-hybridized carbons (Fsp3) is 0.421. The average molecular weight is 342 g/mol. The maximum Gasteiger partial charge on any atom is 0.253 e. The predicted molar refractivity (Wildman–Crippen MR) is 95.5 cm³/mol. The first-order valence-electron chi connectivity index (χ1n) is 8.58. The Hall–Kier alpha value is -1.85. The van der Waals surface area contributed by atoms with Gasteiger partial charge in [0.25, 0.3) is 5.91 Å². The van der Waals surface area contributed by atoms with Crippen molar-refractivity contribution in [2.45, 2.75) is 25.9 Å². The van der Waals surface area contributed by atoms with Gasteiger partial charge in [-0.3, -0.25) is 9.69 Å². The quantitative estimate of drug-likeness (QED) is 0.857. The highest BCUT2D eigenvalue weighted by molar-refractivity contribution is 7.07. The molecule has 0 aliphatic carbocycles. The molecule has 1 aromatic carbocycles. The Kier molecular flexibility index (Phi) is 4.54. The van der Waals surface area contributed by atoms with Gasteiger partial charge in [-0.25, -0.2) is 0 Å². The Morgan fingerprint density at radius 1 is 1.17 bits per heavy atom. The second-order valence-corrected chi connectivity index (χ2v) is 7.29. The van der Waals surface area contributed by atoms with Crippen molar-refractivity contribution in [3.8, 4) is 5.75 Å². The Bertz CT molecular complexity index is 708. The minimum absolute atomic E-state index is 0.156. The van der Waals surface area contributed by atoms with Gasteiger partial charge in [0.15, 0.2) is 0 Å². The number of hydrogen-bond acceptors (Lipinski definition) is 4. The third-order valence-electron chi connectivity index (χ3n) is 4.75. The molecule has 0 bridgehead atoms. The largest absolute Gasteiger partial charge is 0.492 e. The van der Waals surface area contributed by atoms with Crippen molar-refractivity contribution in [3.05, 3.63) is 51.7 Å². The molecule has 126 valence electrons. The molecule has 0 unspecified atom stereocenters. The number of rotatable bonds is 3. The number of hydrogen-bond donors (Lipinski definition) is 0. The number of nitrogens with zero attached hydrogens (tertiary/aromatic N) is 2. The van der Waals surface area contributed by atoms with Crippen LogP contribution in [0.2, 0.25) is 0 Å². The lowest BCUT2D eigenvalue weighted by Crippen LogP contribution is -2.28. The Labute approximate surface area is 146 Å². The van der Waals surface area contributed by atoms with Gasteiger partial charge in [-0.1, -0.05) is 0 Å². The van der Waals surface area contributed by atoms with Gasteiger partial charge in [0.2, 0.25) is 0 Å². The highest BCUT2D eigenvalue weighted by Crippen LogP contribution is 2.26. The van der Waals surface area contributed by atoms with Gasteiger partial charge in [-0.2, -0.15) is 11.3 Å². The molecule has 0 N–H and O–H groups in total. The number of benzene rings is 1. The predicted octanol–water partition coefficient (Wildman–Crippen LogP) is 3.38. The van der Waals surface area contributed by atoms with Crippen molar-refractivity contribution in [1.82, 2.24) is 9.80 Å². The number of thiophene rings is 1. The van der Waals surface area contributed by atoms with Crippen molar-refractivity contribution in [2.75, 3.05) is 26.2 Å². The number of carbonyl (C=O) groups excluding carboxylic acids is 1. The van der Waals surface area contributed by atoms with Crippen LogP contribution in [0.3, 0.4) is 0 Å². The van der Waals surface area contributed by atoms with E-state index in [1.54, 1.807) is 11.3 Å². The lowest BCUT2D eigenvalue weighted by molar-refractivity contribution is 0.0792. The molecule has 0 atom stereocenters. The Morgan fingerprint density at radius 3 is 2.83 bits per heavy atom. The summed E-state index contributed by atoms with van der Waals surface area (Å²) < 4.78 is 5.89. The van der Waals surface area contributed by atoms with Crippen LogP contribution >= 0.6 is 11.3 Å². The first-order valence-corrected chi connectivity index (χ1v) is 9.52. The molecule has 2 aliphatic rings. The molecule has 1 saturated heterocycles. The van der Waals surface area contributed by atoms with Crippen LogP contribution in [0.25, 0.3) is 0 Å². The minimum Gasteiger partial charge on any atom is -0.492 e. The molecule has 2 aromatic rings. The Morgan fingerprint density at radius 2 is 2.04 bits per heavy atom. The van der Waals surface area contributed by atoms with E-state index in [0.717, 1.165) is 62.4 Å². The van der Waals surface area contributed by atoms with Crippen molar-refractivity contribution in [2.24, 2.45) is 0 Å². The summed E-state index contributed by atoms with van der Waals surface area (Å²) in [6, 6.07) is 8.08. The van der Waals surface area contributed by atoms with Gasteiger partial charge < -0.3 is 9.64 Å². The second-order valence-electron chi connectivity index (χ2n) is 6.51. The van der Waals surface area contributed by atoms with E-state index in [2.05, 4.69) is 21.7 Å². The highest BCUT2D eigenvalue weighted by Gasteiger charge is 2.22. The van der Waals surface area contributed by atoms with E-state index >= 15 is 0 Å². The molecule has 0 radical (unpaired) electrons. The molecule has 0 saturated carbocycles. The van der Waals surface area contributed by atoms with Gasteiger partial charge in [-0.15, -0.1) is 0 Å². The zero-order valence-corrected chi connectivity index (χ0v) is 14.6. The third-order valence-corrected chi connectivity index (χ3v) is 5.48. The molecule has 4 nitrogen and oxygen atoms in total. The molecule has 3 heterocycles. The van der Waals surface area contributed by atoms with Gasteiger partial charge >= 0.3 is 0 Å². The molecule has 24 heavy (non-hydrogen) atoms. The summed E-state index contributed by atoms with van der Waals surface area (Å²) in [6.45, 7) is 5.12. The van der Waals surface area contributed by atoms with Crippen LogP contribution in [-0.4, -0.2) is 41.9 Å². The minimum atomic E-state index is 0.156. The molecule has 1 amide bonds. The van der Waals surface area contributed by atoms with E-state index in [9.17, 15) is 4.79 Å². The van der Waals surface area contributed by atoms with Crippen molar-refractivity contribution >= 4 is 17.2 Å². The van der Waals surface area contributed by atoms with Crippen LogP contribution in [-0.2, 0) is 13.1 Å². The normalized spacial score (nSPS) is 18.1. The number of carbonyl (C=O) groups is 1. The lowest BCUT2D eigenvalue weighted by Gasteiger charge is -2.19. The summed E-state index contributed by atoms with van der Waals surface area (Å²) in [5.41, 5.74) is 3.25. The van der Waals surface area contributed by atoms with Crippen LogP contribution in [0.5, 0.6) is 5.75 Å². The number of ether oxygens (including phenoxy) is 1. The van der Waals surface area contributed by atoms with Crippen LogP contribution in [0.4, 0.5) is 0 Å². The number of fused-ring (bicyclic) bond motifs is 1. The van der Waals surface area contributed by atoms with Crippen LogP contribution in [0.1, 0.15) is 34.3 Å². The molecule has 0 spiro atoms. The van der Waals surface area contributed by atoms with E-state index in [1.165, 1.54) is 5.56 Å². The maximum absolute atomic E-state index is 12.6. The fourth-order valence-corrected chi connectivity index (χ4v) is 4.12. The van der Waals surface area contributed by atoms with Crippen LogP contribution in [0.15, 0.2) is 35.0 Å². The monoisotopic (exact) mass is 342 g/mol. The van der Waals surface area contributed by atoms with E-state index < -0.39 is 0 Å². The summed E-state index contributed by atoms with van der Waals surface area (Å²) in [7, 11) is 0. The van der Waals surface area contributed by atoms with Crippen molar-refractivity contribution in [1.29, 1.82) is 0 Å². The SMILES string of the molecule is O=C(c1ccc2c(c1)CN(Cc1ccsc1)CCO2)N1CCCC1. The molecular weight excluding hydrogens is 320 g/mol. The fourth-order valence-electron chi connectivity index (χ4n) is 3.46. The summed E-state index contributed by atoms with van der Waals surface area (Å²) in [5, 5.41) is 4.31. The lowest BCUT2D eigenvalue weighted by atomic mass is 10.1. The second kappa shape index (κ2) is 6.95. The summed E-state index contributed by atoms with van der Waals surface area (Å²) in [4.78, 5) is 17.0. The number of likely N-dealkylation sites (tertiary alicyclic amines) is 1. The molecular formula is C19H22N2O2S. The Balaban J connectivity index is 1.53. The maximum atomic E-state index is 12.6. The molecule has 5 heteroatoms.